The van der Waals surface area contributed by atoms with E-state index in [9.17, 15) is 4.79 Å². The lowest BCUT2D eigenvalue weighted by Gasteiger charge is -2.34. The number of carboxylic acids is 1. The molecule has 0 aromatic carbocycles. The molecule has 0 aliphatic heterocycles. The Balaban J connectivity index is 2.08. The Morgan fingerprint density at radius 3 is 2.94 bits per heavy atom. The third-order valence-electron chi connectivity index (χ3n) is 4.05. The lowest BCUT2D eigenvalue weighted by atomic mass is 9.78. The first-order valence-electron chi connectivity index (χ1n) is 6.54. The summed E-state index contributed by atoms with van der Waals surface area (Å²) in [5.74, 6) is 1.05. The van der Waals surface area contributed by atoms with E-state index in [1.165, 1.54) is 18.9 Å². The lowest BCUT2D eigenvalue weighted by molar-refractivity contribution is 0.0697. The van der Waals surface area contributed by atoms with Gasteiger partial charge in [-0.2, -0.15) is 0 Å². The zero-order valence-corrected chi connectivity index (χ0v) is 10.9. The van der Waals surface area contributed by atoms with Gasteiger partial charge in [-0.15, -0.1) is 0 Å². The number of rotatable bonds is 3. The minimum atomic E-state index is -0.912. The minimum Gasteiger partial charge on any atom is -0.478 e. The fraction of sp³-hybridized carbons (Fsp3) is 0.571. The van der Waals surface area contributed by atoms with E-state index in [0.717, 1.165) is 6.42 Å². The van der Waals surface area contributed by atoms with Crippen molar-refractivity contribution in [3.05, 3.63) is 23.9 Å². The summed E-state index contributed by atoms with van der Waals surface area (Å²) in [6.07, 6.45) is 5.18. The minimum absolute atomic E-state index is 0.281. The molecule has 3 unspecified atom stereocenters. The van der Waals surface area contributed by atoms with Gasteiger partial charge in [-0.05, 0) is 30.4 Å². The Bertz CT molecular complexity index is 434. The van der Waals surface area contributed by atoms with Crippen molar-refractivity contribution in [1.29, 1.82) is 0 Å². The van der Waals surface area contributed by atoms with Crippen LogP contribution in [0.15, 0.2) is 18.3 Å². The molecule has 4 heteroatoms. The molecule has 0 saturated heterocycles. The number of anilines is 1. The Hall–Kier alpha value is -1.58. The Morgan fingerprint density at radius 1 is 1.44 bits per heavy atom. The van der Waals surface area contributed by atoms with E-state index < -0.39 is 5.97 Å². The summed E-state index contributed by atoms with van der Waals surface area (Å²) in [4.78, 5) is 15.1. The molecule has 0 spiro atoms. The summed E-state index contributed by atoms with van der Waals surface area (Å²) < 4.78 is 0. The molecule has 2 N–H and O–H groups in total. The number of pyridine rings is 1. The number of carboxylic acid groups (broad SMARTS) is 1. The van der Waals surface area contributed by atoms with Crippen molar-refractivity contribution >= 4 is 11.8 Å². The molecule has 18 heavy (non-hydrogen) atoms. The normalized spacial score (nSPS) is 27.8. The largest absolute Gasteiger partial charge is 0.478 e. The van der Waals surface area contributed by atoms with Crippen LogP contribution in [0, 0.1) is 11.8 Å². The second kappa shape index (κ2) is 5.38. The van der Waals surface area contributed by atoms with Crippen LogP contribution < -0.4 is 5.32 Å². The molecule has 1 aliphatic carbocycles. The van der Waals surface area contributed by atoms with Crippen LogP contribution in [0.25, 0.3) is 0 Å². The maximum absolute atomic E-state index is 10.9. The smallest absolute Gasteiger partial charge is 0.335 e. The average Bonchev–Trinajstić information content (AvgIpc) is 2.35. The van der Waals surface area contributed by atoms with Crippen molar-refractivity contribution in [2.75, 3.05) is 5.32 Å². The highest BCUT2D eigenvalue weighted by Gasteiger charge is 2.27. The SMILES string of the molecule is CC1CCCC(Nc2cc(C(=O)O)ccn2)C1C. The predicted octanol–water partition coefficient (Wildman–Crippen LogP) is 3.02. The Labute approximate surface area is 107 Å². The van der Waals surface area contributed by atoms with Crippen molar-refractivity contribution in [3.63, 3.8) is 0 Å². The van der Waals surface area contributed by atoms with E-state index in [-0.39, 0.29) is 5.56 Å². The molecule has 1 saturated carbocycles. The van der Waals surface area contributed by atoms with Gasteiger partial charge in [-0.3, -0.25) is 0 Å². The number of aromatic carboxylic acids is 1. The number of nitrogens with one attached hydrogen (secondary N) is 1. The third kappa shape index (κ3) is 2.81. The van der Waals surface area contributed by atoms with Crippen molar-refractivity contribution in [2.24, 2.45) is 11.8 Å². The summed E-state index contributed by atoms with van der Waals surface area (Å²) in [5.41, 5.74) is 0.281. The highest BCUT2D eigenvalue weighted by molar-refractivity contribution is 5.88. The summed E-state index contributed by atoms with van der Waals surface area (Å²) in [7, 11) is 0. The standard InChI is InChI=1S/C14H20N2O2/c1-9-4-3-5-12(10(9)2)16-13-8-11(14(17)18)6-7-15-13/h6-10,12H,3-5H2,1-2H3,(H,15,16)(H,17,18). The van der Waals surface area contributed by atoms with Gasteiger partial charge in [-0.25, -0.2) is 9.78 Å². The molecule has 1 aromatic heterocycles. The van der Waals surface area contributed by atoms with Gasteiger partial charge in [0.2, 0.25) is 0 Å². The lowest BCUT2D eigenvalue weighted by Crippen LogP contribution is -2.35. The number of aromatic nitrogens is 1. The molecule has 3 atom stereocenters. The van der Waals surface area contributed by atoms with Crippen LogP contribution in [0.4, 0.5) is 5.82 Å². The molecule has 1 heterocycles. The first kappa shape index (κ1) is 12.9. The van der Waals surface area contributed by atoms with Crippen molar-refractivity contribution in [2.45, 2.75) is 39.2 Å². The van der Waals surface area contributed by atoms with E-state index in [1.807, 2.05) is 0 Å². The molecular formula is C14H20N2O2. The molecular weight excluding hydrogens is 228 g/mol. The van der Waals surface area contributed by atoms with Gasteiger partial charge in [0, 0.05) is 12.2 Å². The molecule has 2 rings (SSSR count). The van der Waals surface area contributed by atoms with E-state index in [2.05, 4.69) is 24.1 Å². The van der Waals surface area contributed by atoms with Crippen LogP contribution in [0.1, 0.15) is 43.5 Å². The molecule has 1 aromatic rings. The average molecular weight is 248 g/mol. The van der Waals surface area contributed by atoms with Crippen LogP contribution in [-0.4, -0.2) is 22.1 Å². The zero-order valence-electron chi connectivity index (χ0n) is 10.9. The fourth-order valence-electron chi connectivity index (χ4n) is 2.62. The highest BCUT2D eigenvalue weighted by Crippen LogP contribution is 2.31. The molecule has 1 fully saturated rings. The van der Waals surface area contributed by atoms with E-state index in [0.29, 0.717) is 23.7 Å². The van der Waals surface area contributed by atoms with Crippen LogP contribution >= 0.6 is 0 Å². The van der Waals surface area contributed by atoms with Crippen LogP contribution in [-0.2, 0) is 0 Å². The number of nitrogens with zero attached hydrogens (tertiary/aromatic N) is 1. The van der Waals surface area contributed by atoms with Gasteiger partial charge in [0.05, 0.1) is 5.56 Å². The Morgan fingerprint density at radius 2 is 2.22 bits per heavy atom. The van der Waals surface area contributed by atoms with Crippen LogP contribution in [0.5, 0.6) is 0 Å². The molecule has 0 bridgehead atoms. The van der Waals surface area contributed by atoms with Gasteiger partial charge in [-0.1, -0.05) is 26.7 Å². The molecule has 4 nitrogen and oxygen atoms in total. The molecule has 0 amide bonds. The number of hydrogen-bond donors (Lipinski definition) is 2. The monoisotopic (exact) mass is 248 g/mol. The van der Waals surface area contributed by atoms with Gasteiger partial charge in [0.15, 0.2) is 0 Å². The van der Waals surface area contributed by atoms with Gasteiger partial charge < -0.3 is 10.4 Å². The van der Waals surface area contributed by atoms with Crippen LogP contribution in [0.2, 0.25) is 0 Å². The van der Waals surface area contributed by atoms with E-state index in [1.54, 1.807) is 12.3 Å². The van der Waals surface area contributed by atoms with Crippen molar-refractivity contribution < 1.29 is 9.90 Å². The van der Waals surface area contributed by atoms with Crippen molar-refractivity contribution in [1.82, 2.24) is 4.98 Å². The van der Waals surface area contributed by atoms with Crippen LogP contribution in [0.3, 0.4) is 0 Å². The first-order chi connectivity index (χ1) is 8.58. The fourth-order valence-corrected chi connectivity index (χ4v) is 2.62. The molecule has 1 aliphatic rings. The molecule has 0 radical (unpaired) electrons. The second-order valence-corrected chi connectivity index (χ2v) is 5.25. The summed E-state index contributed by atoms with van der Waals surface area (Å²) in [5, 5.41) is 12.3. The second-order valence-electron chi connectivity index (χ2n) is 5.25. The quantitative estimate of drug-likeness (QED) is 0.863. The Kier molecular flexibility index (Phi) is 3.84. The molecule has 98 valence electrons. The zero-order chi connectivity index (χ0) is 13.1. The summed E-state index contributed by atoms with van der Waals surface area (Å²) in [6, 6.07) is 3.51. The van der Waals surface area contributed by atoms with Gasteiger partial charge in [0.25, 0.3) is 0 Å². The van der Waals surface area contributed by atoms with Gasteiger partial charge in [0.1, 0.15) is 5.82 Å². The third-order valence-corrected chi connectivity index (χ3v) is 4.05. The topological polar surface area (TPSA) is 62.2 Å². The predicted molar refractivity (Wildman–Crippen MR) is 70.8 cm³/mol. The summed E-state index contributed by atoms with van der Waals surface area (Å²) in [6.45, 7) is 4.53. The van der Waals surface area contributed by atoms with E-state index >= 15 is 0 Å². The number of hydrogen-bond acceptors (Lipinski definition) is 3. The van der Waals surface area contributed by atoms with E-state index in [4.69, 9.17) is 5.11 Å². The van der Waals surface area contributed by atoms with Gasteiger partial charge >= 0.3 is 5.97 Å². The maximum Gasteiger partial charge on any atom is 0.335 e. The van der Waals surface area contributed by atoms with Crippen molar-refractivity contribution in [3.8, 4) is 0 Å². The first-order valence-corrected chi connectivity index (χ1v) is 6.54. The number of carbonyl (C=O) groups is 1. The summed E-state index contributed by atoms with van der Waals surface area (Å²) >= 11 is 0. The highest BCUT2D eigenvalue weighted by atomic mass is 16.4. The maximum atomic E-state index is 10.9.